The smallest absolute Gasteiger partial charge is 0.133 e. The van der Waals surface area contributed by atoms with Crippen LogP contribution in [0.4, 0.5) is 0 Å². The Morgan fingerprint density at radius 3 is 1.13 bits per heavy atom. The average molecular weight is 597 g/mol. The minimum Gasteiger partial charge on any atom is -0.507 e. The summed E-state index contributed by atoms with van der Waals surface area (Å²) < 4.78 is 0. The first-order valence-electron chi connectivity index (χ1n) is 15.2. The average Bonchev–Trinajstić information content (AvgIpc) is 3.07. The number of aliphatic imine (C=N–C) groups is 2. The summed E-state index contributed by atoms with van der Waals surface area (Å²) in [6.45, 7) is 6.33. The van der Waals surface area contributed by atoms with Gasteiger partial charge in [0.15, 0.2) is 0 Å². The lowest BCUT2D eigenvalue weighted by atomic mass is 9.85. The Bertz CT molecular complexity index is 1590. The number of aliphatic hydroxyl groups is 2. The van der Waals surface area contributed by atoms with E-state index in [-0.39, 0.29) is 11.2 Å². The van der Waals surface area contributed by atoms with Crippen LogP contribution in [0.25, 0.3) is 0 Å². The summed E-state index contributed by atoms with van der Waals surface area (Å²) in [5, 5.41) is 34.3. The molecule has 0 fully saturated rings. The molecule has 5 heteroatoms. The second-order valence-corrected chi connectivity index (χ2v) is 12.2. The summed E-state index contributed by atoms with van der Waals surface area (Å²) in [4.78, 5) is 9.71. The van der Waals surface area contributed by atoms with Crippen LogP contribution in [0.15, 0.2) is 143 Å². The van der Waals surface area contributed by atoms with E-state index in [4.69, 9.17) is 9.98 Å². The number of aromatic hydroxyl groups is 1. The third kappa shape index (κ3) is 7.82. The standard InChI is InChI=1S/C40H40N2O3/c1-40(2,3)34-24-32(26-41-35(28-16-8-4-9-17-28)38(44)30-20-12-6-13-21-30)37(43)33(25-34)27-42-36(29-18-10-5-11-19-29)39(45)31-22-14-7-15-23-31/h4-27,35-36,38-39,43-45H,1-3H3/t35-,36-,38+,39+/m0/s1. The number of hydrogen-bond donors (Lipinski definition) is 3. The second kappa shape index (κ2) is 14.3. The van der Waals surface area contributed by atoms with Crippen molar-refractivity contribution in [3.05, 3.63) is 172 Å². The zero-order valence-corrected chi connectivity index (χ0v) is 25.9. The van der Waals surface area contributed by atoms with E-state index in [1.54, 1.807) is 12.4 Å². The van der Waals surface area contributed by atoms with Crippen LogP contribution < -0.4 is 0 Å². The molecule has 4 atom stereocenters. The summed E-state index contributed by atoms with van der Waals surface area (Å²) in [5.74, 6) is 0.0255. The van der Waals surface area contributed by atoms with Crippen LogP contribution in [-0.2, 0) is 5.41 Å². The van der Waals surface area contributed by atoms with Gasteiger partial charge in [0.05, 0.1) is 0 Å². The van der Waals surface area contributed by atoms with Gasteiger partial charge in [-0.1, -0.05) is 142 Å². The summed E-state index contributed by atoms with van der Waals surface area (Å²) in [5.41, 5.74) is 5.03. The Labute approximate surface area is 265 Å². The normalized spacial score (nSPS) is 14.8. The molecule has 45 heavy (non-hydrogen) atoms. The quantitative estimate of drug-likeness (QED) is 0.141. The highest BCUT2D eigenvalue weighted by Crippen LogP contribution is 2.36. The molecule has 0 saturated heterocycles. The van der Waals surface area contributed by atoms with E-state index in [9.17, 15) is 15.3 Å². The van der Waals surface area contributed by atoms with Crippen molar-refractivity contribution in [3.63, 3.8) is 0 Å². The van der Waals surface area contributed by atoms with Crippen molar-refractivity contribution < 1.29 is 15.3 Å². The number of phenols is 1. The first-order chi connectivity index (χ1) is 21.7. The number of phenolic OH excluding ortho intramolecular Hbond substituents is 1. The molecule has 0 aromatic heterocycles. The molecule has 5 aromatic rings. The molecule has 0 saturated carbocycles. The number of nitrogens with zero attached hydrogens (tertiary/aromatic N) is 2. The fourth-order valence-corrected chi connectivity index (χ4v) is 5.30. The number of benzene rings is 5. The predicted octanol–water partition coefficient (Wildman–Crippen LogP) is 8.48. The first kappa shape index (κ1) is 31.6. The maximum atomic E-state index is 11.5. The second-order valence-electron chi connectivity index (χ2n) is 12.2. The van der Waals surface area contributed by atoms with Crippen molar-refractivity contribution >= 4 is 12.4 Å². The third-order valence-electron chi connectivity index (χ3n) is 7.95. The minimum atomic E-state index is -0.884. The van der Waals surface area contributed by atoms with Gasteiger partial charge in [0.2, 0.25) is 0 Å². The predicted molar refractivity (Wildman–Crippen MR) is 183 cm³/mol. The van der Waals surface area contributed by atoms with Gasteiger partial charge < -0.3 is 15.3 Å². The maximum absolute atomic E-state index is 11.5. The molecule has 0 unspecified atom stereocenters. The van der Waals surface area contributed by atoms with Gasteiger partial charge in [-0.15, -0.1) is 0 Å². The lowest BCUT2D eigenvalue weighted by molar-refractivity contribution is 0.148. The van der Waals surface area contributed by atoms with Crippen molar-refractivity contribution in [2.24, 2.45) is 9.98 Å². The van der Waals surface area contributed by atoms with Crippen LogP contribution in [0.3, 0.4) is 0 Å². The van der Waals surface area contributed by atoms with Gasteiger partial charge in [0.25, 0.3) is 0 Å². The van der Waals surface area contributed by atoms with Gasteiger partial charge in [0, 0.05) is 23.6 Å². The van der Waals surface area contributed by atoms with Crippen molar-refractivity contribution in [3.8, 4) is 5.75 Å². The van der Waals surface area contributed by atoms with Crippen LogP contribution in [0.1, 0.15) is 84.0 Å². The molecule has 5 rings (SSSR count). The summed E-state index contributed by atoms with van der Waals surface area (Å²) in [6, 6.07) is 41.0. The van der Waals surface area contributed by atoms with E-state index in [2.05, 4.69) is 20.8 Å². The Morgan fingerprint density at radius 2 is 0.822 bits per heavy atom. The molecular weight excluding hydrogens is 556 g/mol. The molecule has 3 N–H and O–H groups in total. The minimum absolute atomic E-state index is 0.0255. The Morgan fingerprint density at radius 1 is 0.511 bits per heavy atom. The van der Waals surface area contributed by atoms with Gasteiger partial charge in [-0.25, -0.2) is 0 Å². The molecule has 5 aromatic carbocycles. The van der Waals surface area contributed by atoms with Gasteiger partial charge in [-0.2, -0.15) is 0 Å². The number of hydrogen-bond acceptors (Lipinski definition) is 5. The highest BCUT2D eigenvalue weighted by molar-refractivity contribution is 5.92. The summed E-state index contributed by atoms with van der Waals surface area (Å²) >= 11 is 0. The molecule has 0 radical (unpaired) electrons. The van der Waals surface area contributed by atoms with Gasteiger partial charge in [-0.3, -0.25) is 9.98 Å². The van der Waals surface area contributed by atoms with Crippen LogP contribution in [0.5, 0.6) is 5.75 Å². The molecule has 0 heterocycles. The summed E-state index contributed by atoms with van der Waals surface area (Å²) in [6.07, 6.45) is 1.51. The van der Waals surface area contributed by atoms with Crippen molar-refractivity contribution in [1.29, 1.82) is 0 Å². The Kier molecular flexibility index (Phi) is 10.0. The van der Waals surface area contributed by atoms with Crippen molar-refractivity contribution in [2.45, 2.75) is 50.5 Å². The lowest BCUT2D eigenvalue weighted by Gasteiger charge is -2.23. The van der Waals surface area contributed by atoms with E-state index in [1.807, 2.05) is 133 Å². The Hall–Kier alpha value is -4.84. The van der Waals surface area contributed by atoms with Crippen molar-refractivity contribution in [1.82, 2.24) is 0 Å². The maximum Gasteiger partial charge on any atom is 0.133 e. The Balaban J connectivity index is 1.56. The number of aliphatic hydroxyl groups excluding tert-OH is 2. The van der Waals surface area contributed by atoms with Crippen LogP contribution >= 0.6 is 0 Å². The molecule has 0 aliphatic rings. The van der Waals surface area contributed by atoms with Crippen LogP contribution in [0, 0.1) is 0 Å². The van der Waals surface area contributed by atoms with E-state index >= 15 is 0 Å². The zero-order valence-electron chi connectivity index (χ0n) is 25.9. The fraction of sp³-hybridized carbons (Fsp3) is 0.200. The largest absolute Gasteiger partial charge is 0.507 e. The third-order valence-corrected chi connectivity index (χ3v) is 7.95. The van der Waals surface area contributed by atoms with E-state index in [0.29, 0.717) is 11.1 Å². The van der Waals surface area contributed by atoms with E-state index in [0.717, 1.165) is 27.8 Å². The van der Waals surface area contributed by atoms with E-state index < -0.39 is 24.3 Å². The highest BCUT2D eigenvalue weighted by Gasteiger charge is 2.24. The molecule has 0 aliphatic carbocycles. The van der Waals surface area contributed by atoms with Gasteiger partial charge >= 0.3 is 0 Å². The SMILES string of the molecule is CC(C)(C)c1cc(C=N[C@@H](c2ccccc2)[C@H](O)c2ccccc2)c(O)c(C=N[C@@H](c2ccccc2)[C@H](O)c2ccccc2)c1. The van der Waals surface area contributed by atoms with Gasteiger partial charge in [0.1, 0.15) is 30.0 Å². The molecule has 5 nitrogen and oxygen atoms in total. The van der Waals surface area contributed by atoms with Crippen LogP contribution in [0.2, 0.25) is 0 Å². The molecular formula is C40H40N2O3. The number of rotatable bonds is 10. The molecule has 0 amide bonds. The topological polar surface area (TPSA) is 85.4 Å². The van der Waals surface area contributed by atoms with Crippen LogP contribution in [-0.4, -0.2) is 27.7 Å². The first-order valence-corrected chi connectivity index (χ1v) is 15.2. The zero-order chi connectivity index (χ0) is 31.8. The molecule has 228 valence electrons. The lowest BCUT2D eigenvalue weighted by Crippen LogP contribution is -2.13. The molecule has 0 aliphatic heterocycles. The van der Waals surface area contributed by atoms with E-state index in [1.165, 1.54) is 0 Å². The van der Waals surface area contributed by atoms with Gasteiger partial charge in [-0.05, 0) is 45.4 Å². The molecule has 0 spiro atoms. The molecule has 0 bridgehead atoms. The van der Waals surface area contributed by atoms with Crippen molar-refractivity contribution in [2.75, 3.05) is 0 Å². The fourth-order valence-electron chi connectivity index (χ4n) is 5.30. The summed E-state index contributed by atoms with van der Waals surface area (Å²) in [7, 11) is 0. The monoisotopic (exact) mass is 596 g/mol. The highest BCUT2D eigenvalue weighted by atomic mass is 16.3.